The number of carbonyl (C=O) groups excluding carboxylic acids is 1. The first-order valence-corrected chi connectivity index (χ1v) is 7.53. The number of carbonyl (C=O) groups is 1. The highest BCUT2D eigenvalue weighted by Gasteiger charge is 2.16. The molecule has 122 valence electrons. The van der Waals surface area contributed by atoms with Gasteiger partial charge in [0.05, 0.1) is 11.9 Å². The lowest BCUT2D eigenvalue weighted by atomic mass is 10.1. The van der Waals surface area contributed by atoms with Gasteiger partial charge in [-0.25, -0.2) is 9.78 Å². The smallest absolute Gasteiger partial charge is 0.413 e. The molecular weight excluding hydrogens is 290 g/mol. The van der Waals surface area contributed by atoms with Gasteiger partial charge in [-0.15, -0.1) is 0 Å². The molecule has 1 aromatic heterocycles. The van der Waals surface area contributed by atoms with E-state index in [0.717, 1.165) is 16.9 Å². The van der Waals surface area contributed by atoms with Gasteiger partial charge in [0, 0.05) is 5.69 Å². The SMILES string of the molecule is Cc1ccc(C)c(Nc2ccc(NC(=O)OC(C)(C)C)nc2)c1. The van der Waals surface area contributed by atoms with Crippen molar-refractivity contribution >= 4 is 23.3 Å². The molecule has 0 aliphatic rings. The number of aryl methyl sites for hydroxylation is 2. The lowest BCUT2D eigenvalue weighted by Crippen LogP contribution is -2.27. The molecule has 5 nitrogen and oxygen atoms in total. The summed E-state index contributed by atoms with van der Waals surface area (Å²) in [6.07, 6.45) is 1.16. The van der Waals surface area contributed by atoms with Crippen LogP contribution in [-0.2, 0) is 4.74 Å². The molecule has 2 aromatic rings. The van der Waals surface area contributed by atoms with Gasteiger partial charge in [0.15, 0.2) is 0 Å². The van der Waals surface area contributed by atoms with E-state index in [1.165, 1.54) is 5.56 Å². The lowest BCUT2D eigenvalue weighted by molar-refractivity contribution is 0.0635. The van der Waals surface area contributed by atoms with Crippen LogP contribution in [-0.4, -0.2) is 16.7 Å². The van der Waals surface area contributed by atoms with E-state index in [9.17, 15) is 4.79 Å². The quantitative estimate of drug-likeness (QED) is 0.855. The lowest BCUT2D eigenvalue weighted by Gasteiger charge is -2.19. The summed E-state index contributed by atoms with van der Waals surface area (Å²) >= 11 is 0. The number of aromatic nitrogens is 1. The summed E-state index contributed by atoms with van der Waals surface area (Å²) in [4.78, 5) is 15.9. The minimum atomic E-state index is -0.533. The van der Waals surface area contributed by atoms with E-state index >= 15 is 0 Å². The topological polar surface area (TPSA) is 63.2 Å². The molecule has 1 aromatic carbocycles. The van der Waals surface area contributed by atoms with Crippen molar-refractivity contribution < 1.29 is 9.53 Å². The Balaban J connectivity index is 2.02. The molecule has 0 saturated heterocycles. The Morgan fingerprint density at radius 2 is 1.87 bits per heavy atom. The second-order valence-electron chi connectivity index (χ2n) is 6.50. The van der Waals surface area contributed by atoms with E-state index in [4.69, 9.17) is 4.74 Å². The van der Waals surface area contributed by atoms with Crippen LogP contribution >= 0.6 is 0 Å². The third-order valence-electron chi connectivity index (χ3n) is 3.06. The molecule has 0 fully saturated rings. The maximum atomic E-state index is 11.7. The third kappa shape index (κ3) is 5.29. The third-order valence-corrected chi connectivity index (χ3v) is 3.06. The number of nitrogens with one attached hydrogen (secondary N) is 2. The Bertz CT molecular complexity index is 688. The largest absolute Gasteiger partial charge is 0.444 e. The Morgan fingerprint density at radius 1 is 1.13 bits per heavy atom. The molecule has 0 aliphatic carbocycles. The first-order valence-electron chi connectivity index (χ1n) is 7.53. The fraction of sp³-hybridized carbons (Fsp3) is 0.333. The molecule has 0 aliphatic heterocycles. The highest BCUT2D eigenvalue weighted by Crippen LogP contribution is 2.22. The molecule has 2 rings (SSSR count). The highest BCUT2D eigenvalue weighted by atomic mass is 16.6. The molecular formula is C18H23N3O2. The van der Waals surface area contributed by atoms with Crippen molar-refractivity contribution in [3.63, 3.8) is 0 Å². The summed E-state index contributed by atoms with van der Waals surface area (Å²) in [6, 6.07) is 9.83. The highest BCUT2D eigenvalue weighted by molar-refractivity contribution is 5.83. The minimum Gasteiger partial charge on any atom is -0.444 e. The predicted molar refractivity (Wildman–Crippen MR) is 93.3 cm³/mol. The van der Waals surface area contributed by atoms with Gasteiger partial charge < -0.3 is 10.1 Å². The Hall–Kier alpha value is -2.56. The standard InChI is InChI=1S/C18H23N3O2/c1-12-6-7-13(2)15(10-12)20-14-8-9-16(19-11-14)21-17(22)23-18(3,4)5/h6-11,20H,1-5H3,(H,19,21,22). The molecule has 23 heavy (non-hydrogen) atoms. The molecule has 0 bridgehead atoms. The zero-order chi connectivity index (χ0) is 17.0. The van der Waals surface area contributed by atoms with E-state index in [0.29, 0.717) is 5.82 Å². The van der Waals surface area contributed by atoms with E-state index in [-0.39, 0.29) is 0 Å². The Labute approximate surface area is 137 Å². The molecule has 1 amide bonds. The monoisotopic (exact) mass is 313 g/mol. The molecule has 5 heteroatoms. The number of amides is 1. The van der Waals surface area contributed by atoms with Crippen LogP contribution in [0.4, 0.5) is 22.0 Å². The summed E-state index contributed by atoms with van der Waals surface area (Å²) in [5.41, 5.74) is 3.71. The molecule has 0 spiro atoms. The van der Waals surface area contributed by atoms with Gasteiger partial charge in [-0.2, -0.15) is 0 Å². The van der Waals surface area contributed by atoms with Gasteiger partial charge in [-0.1, -0.05) is 12.1 Å². The van der Waals surface area contributed by atoms with Crippen molar-refractivity contribution in [2.24, 2.45) is 0 Å². The van der Waals surface area contributed by atoms with Crippen molar-refractivity contribution in [1.82, 2.24) is 4.98 Å². The maximum absolute atomic E-state index is 11.7. The van der Waals surface area contributed by atoms with Gasteiger partial charge in [-0.3, -0.25) is 5.32 Å². The fourth-order valence-corrected chi connectivity index (χ4v) is 1.98. The van der Waals surface area contributed by atoms with Crippen molar-refractivity contribution in [2.75, 3.05) is 10.6 Å². The summed E-state index contributed by atoms with van der Waals surface area (Å²) < 4.78 is 5.19. The molecule has 0 atom stereocenters. The number of pyridine rings is 1. The van der Waals surface area contributed by atoms with Crippen molar-refractivity contribution in [1.29, 1.82) is 0 Å². The van der Waals surface area contributed by atoms with Crippen LogP contribution in [0.15, 0.2) is 36.5 Å². The molecule has 0 unspecified atom stereocenters. The van der Waals surface area contributed by atoms with E-state index in [2.05, 4.69) is 40.7 Å². The van der Waals surface area contributed by atoms with Crippen molar-refractivity contribution in [2.45, 2.75) is 40.2 Å². The zero-order valence-electron chi connectivity index (χ0n) is 14.2. The van der Waals surface area contributed by atoms with E-state index < -0.39 is 11.7 Å². The number of rotatable bonds is 3. The van der Waals surface area contributed by atoms with Crippen LogP contribution in [0, 0.1) is 13.8 Å². The Kier molecular flexibility index (Phi) is 4.89. The van der Waals surface area contributed by atoms with Crippen LogP contribution in [0.5, 0.6) is 0 Å². The summed E-state index contributed by atoms with van der Waals surface area (Å²) in [7, 11) is 0. The van der Waals surface area contributed by atoms with Crippen LogP contribution in [0.3, 0.4) is 0 Å². The fourth-order valence-electron chi connectivity index (χ4n) is 1.98. The normalized spacial score (nSPS) is 11.0. The molecule has 2 N–H and O–H groups in total. The van der Waals surface area contributed by atoms with Crippen LogP contribution in [0.2, 0.25) is 0 Å². The average Bonchev–Trinajstić information content (AvgIpc) is 2.43. The van der Waals surface area contributed by atoms with Crippen molar-refractivity contribution in [3.05, 3.63) is 47.7 Å². The number of nitrogens with zero attached hydrogens (tertiary/aromatic N) is 1. The van der Waals surface area contributed by atoms with Gasteiger partial charge in [0.2, 0.25) is 0 Å². The van der Waals surface area contributed by atoms with E-state index in [1.54, 1.807) is 12.3 Å². The second kappa shape index (κ2) is 6.69. The van der Waals surface area contributed by atoms with Crippen LogP contribution < -0.4 is 10.6 Å². The summed E-state index contributed by atoms with van der Waals surface area (Å²) in [6.45, 7) is 9.55. The van der Waals surface area contributed by atoms with Gasteiger partial charge >= 0.3 is 6.09 Å². The zero-order valence-corrected chi connectivity index (χ0v) is 14.2. The number of anilines is 3. The molecule has 1 heterocycles. The minimum absolute atomic E-state index is 0.450. The summed E-state index contributed by atoms with van der Waals surface area (Å²) in [5.74, 6) is 0.450. The van der Waals surface area contributed by atoms with Crippen LogP contribution in [0.25, 0.3) is 0 Å². The first-order chi connectivity index (χ1) is 10.7. The van der Waals surface area contributed by atoms with E-state index in [1.807, 2.05) is 33.8 Å². The maximum Gasteiger partial charge on any atom is 0.413 e. The molecule has 0 radical (unpaired) electrons. The van der Waals surface area contributed by atoms with Gasteiger partial charge in [-0.05, 0) is 63.9 Å². The average molecular weight is 313 g/mol. The number of hydrogen-bond donors (Lipinski definition) is 2. The summed E-state index contributed by atoms with van der Waals surface area (Å²) in [5, 5.41) is 5.94. The molecule has 0 saturated carbocycles. The predicted octanol–water partition coefficient (Wildman–Crippen LogP) is 4.79. The Morgan fingerprint density at radius 3 is 2.48 bits per heavy atom. The van der Waals surface area contributed by atoms with Crippen LogP contribution in [0.1, 0.15) is 31.9 Å². The first kappa shape index (κ1) is 16.8. The number of hydrogen-bond acceptors (Lipinski definition) is 4. The number of benzene rings is 1. The number of ether oxygens (including phenoxy) is 1. The van der Waals surface area contributed by atoms with Gasteiger partial charge in [0.25, 0.3) is 0 Å². The van der Waals surface area contributed by atoms with Gasteiger partial charge in [0.1, 0.15) is 11.4 Å². The van der Waals surface area contributed by atoms with Crippen molar-refractivity contribution in [3.8, 4) is 0 Å². The second-order valence-corrected chi connectivity index (χ2v) is 6.50.